The molecular formula is C13H23NO6. The van der Waals surface area contributed by atoms with Gasteiger partial charge in [0.2, 0.25) is 5.91 Å². The van der Waals surface area contributed by atoms with Gasteiger partial charge in [0.25, 0.3) is 0 Å². The van der Waals surface area contributed by atoms with Gasteiger partial charge in [-0.3, -0.25) is 4.79 Å². The minimum Gasteiger partial charge on any atom is -0.467 e. The van der Waals surface area contributed by atoms with E-state index in [-0.39, 0.29) is 12.3 Å². The monoisotopic (exact) mass is 289 g/mol. The highest BCUT2D eigenvalue weighted by Crippen LogP contribution is 2.32. The Kier molecular flexibility index (Phi) is 6.15. The number of hydrogen-bond donors (Lipinski definition) is 2. The standard InChI is InChI=1S/C13H23NO6/c1-8(2)7-13(11(17)20-6,14-9(3)15)12(4,18)10(16)19-5/h8,18H,7H2,1-6H3,(H,14,15)/t12-,13+/m0/s1. The minimum absolute atomic E-state index is 0.0152. The number of nitrogens with one attached hydrogen (secondary N) is 1. The van der Waals surface area contributed by atoms with Crippen LogP contribution in [0.5, 0.6) is 0 Å². The Labute approximate surface area is 118 Å². The number of aliphatic hydroxyl groups is 1. The van der Waals surface area contributed by atoms with E-state index in [2.05, 4.69) is 14.8 Å². The molecule has 0 fully saturated rings. The fourth-order valence-electron chi connectivity index (χ4n) is 2.16. The van der Waals surface area contributed by atoms with Crippen LogP contribution in [0.4, 0.5) is 0 Å². The molecule has 0 saturated carbocycles. The van der Waals surface area contributed by atoms with E-state index < -0.39 is 29.0 Å². The number of carbonyl (C=O) groups excluding carboxylic acids is 3. The highest BCUT2D eigenvalue weighted by molar-refractivity contribution is 5.96. The molecule has 0 heterocycles. The van der Waals surface area contributed by atoms with Crippen LogP contribution in [0.3, 0.4) is 0 Å². The number of carbonyl (C=O) groups is 3. The lowest BCUT2D eigenvalue weighted by Crippen LogP contribution is -2.71. The van der Waals surface area contributed by atoms with Crippen molar-refractivity contribution >= 4 is 17.8 Å². The van der Waals surface area contributed by atoms with Crippen LogP contribution in [0, 0.1) is 5.92 Å². The van der Waals surface area contributed by atoms with Gasteiger partial charge in [-0.1, -0.05) is 13.8 Å². The maximum Gasteiger partial charge on any atom is 0.340 e. The third kappa shape index (κ3) is 3.47. The van der Waals surface area contributed by atoms with Crippen LogP contribution < -0.4 is 5.32 Å². The lowest BCUT2D eigenvalue weighted by Gasteiger charge is -2.42. The largest absolute Gasteiger partial charge is 0.467 e. The Morgan fingerprint density at radius 1 is 1.15 bits per heavy atom. The molecule has 0 radical (unpaired) electrons. The molecule has 1 amide bonds. The normalized spacial score (nSPS) is 16.8. The molecule has 0 aliphatic heterocycles. The summed E-state index contributed by atoms with van der Waals surface area (Å²) in [7, 11) is 2.20. The van der Waals surface area contributed by atoms with Crippen molar-refractivity contribution in [2.75, 3.05) is 14.2 Å². The van der Waals surface area contributed by atoms with Gasteiger partial charge >= 0.3 is 11.9 Å². The molecular weight excluding hydrogens is 266 g/mol. The molecule has 0 spiro atoms. The van der Waals surface area contributed by atoms with Crippen LogP contribution in [-0.4, -0.2) is 48.3 Å². The summed E-state index contributed by atoms with van der Waals surface area (Å²) in [4.78, 5) is 35.4. The lowest BCUT2D eigenvalue weighted by atomic mass is 9.74. The molecule has 2 N–H and O–H groups in total. The predicted molar refractivity (Wildman–Crippen MR) is 70.7 cm³/mol. The van der Waals surface area contributed by atoms with Crippen molar-refractivity contribution in [3.8, 4) is 0 Å². The molecule has 0 aromatic rings. The Balaban J connectivity index is 6.01. The summed E-state index contributed by atoms with van der Waals surface area (Å²) in [5, 5.41) is 12.9. The molecule has 0 aromatic carbocycles. The third-order valence-corrected chi connectivity index (χ3v) is 3.05. The summed E-state index contributed by atoms with van der Waals surface area (Å²) in [6.07, 6.45) is 0.0152. The smallest absolute Gasteiger partial charge is 0.340 e. The van der Waals surface area contributed by atoms with Gasteiger partial charge in [0, 0.05) is 6.92 Å². The van der Waals surface area contributed by atoms with Crippen molar-refractivity contribution in [3.63, 3.8) is 0 Å². The van der Waals surface area contributed by atoms with E-state index in [0.29, 0.717) is 0 Å². The predicted octanol–water partition coefficient (Wildman–Crippen LogP) is 0.00440. The maximum atomic E-state index is 12.2. The number of amides is 1. The summed E-state index contributed by atoms with van der Waals surface area (Å²) >= 11 is 0. The molecule has 0 bridgehead atoms. The van der Waals surface area contributed by atoms with Gasteiger partial charge in [-0.2, -0.15) is 0 Å². The summed E-state index contributed by atoms with van der Waals surface area (Å²) in [6.45, 7) is 5.87. The molecule has 7 heteroatoms. The van der Waals surface area contributed by atoms with Crippen molar-refractivity contribution in [1.29, 1.82) is 0 Å². The average molecular weight is 289 g/mol. The average Bonchev–Trinajstić information content (AvgIpc) is 2.34. The number of ether oxygens (including phenoxy) is 2. The molecule has 0 aliphatic rings. The maximum absolute atomic E-state index is 12.2. The van der Waals surface area contributed by atoms with Gasteiger partial charge in [0.15, 0.2) is 11.1 Å². The zero-order valence-corrected chi connectivity index (χ0v) is 12.8. The highest BCUT2D eigenvalue weighted by Gasteiger charge is 2.60. The Hall–Kier alpha value is -1.63. The molecule has 7 nitrogen and oxygen atoms in total. The molecule has 2 atom stereocenters. The van der Waals surface area contributed by atoms with E-state index in [1.54, 1.807) is 13.8 Å². The molecule has 0 aromatic heterocycles. The Morgan fingerprint density at radius 3 is 1.90 bits per heavy atom. The van der Waals surface area contributed by atoms with E-state index in [1.165, 1.54) is 6.92 Å². The van der Waals surface area contributed by atoms with Gasteiger partial charge < -0.3 is 19.9 Å². The topological polar surface area (TPSA) is 102 Å². The second-order valence-corrected chi connectivity index (χ2v) is 5.24. The molecule has 20 heavy (non-hydrogen) atoms. The van der Waals surface area contributed by atoms with Crippen LogP contribution >= 0.6 is 0 Å². The first-order valence-corrected chi connectivity index (χ1v) is 6.23. The first-order chi connectivity index (χ1) is 9.05. The SMILES string of the molecule is COC(=O)[C@](C)(O)[C@](CC(C)C)(NC(C)=O)C(=O)OC. The lowest BCUT2D eigenvalue weighted by molar-refractivity contribution is -0.184. The molecule has 0 aliphatic carbocycles. The summed E-state index contributed by atoms with van der Waals surface area (Å²) in [6, 6.07) is 0. The summed E-state index contributed by atoms with van der Waals surface area (Å²) in [5.41, 5.74) is -4.17. The van der Waals surface area contributed by atoms with Crippen LogP contribution in [0.25, 0.3) is 0 Å². The fourth-order valence-corrected chi connectivity index (χ4v) is 2.16. The second-order valence-electron chi connectivity index (χ2n) is 5.24. The molecule has 0 unspecified atom stereocenters. The molecule has 0 saturated heterocycles. The van der Waals surface area contributed by atoms with Gasteiger partial charge in [0.1, 0.15) is 0 Å². The second kappa shape index (κ2) is 6.69. The minimum atomic E-state index is -2.26. The van der Waals surface area contributed by atoms with Crippen LogP contribution in [0.15, 0.2) is 0 Å². The molecule has 0 rings (SSSR count). The zero-order chi connectivity index (χ0) is 16.1. The van der Waals surface area contributed by atoms with E-state index >= 15 is 0 Å². The van der Waals surface area contributed by atoms with Crippen molar-refractivity contribution < 1.29 is 29.0 Å². The Morgan fingerprint density at radius 2 is 1.60 bits per heavy atom. The summed E-state index contributed by atoms with van der Waals surface area (Å²) < 4.78 is 9.21. The Bertz CT molecular complexity index is 390. The van der Waals surface area contributed by atoms with Crippen LogP contribution in [0.2, 0.25) is 0 Å². The number of hydrogen-bond acceptors (Lipinski definition) is 6. The third-order valence-electron chi connectivity index (χ3n) is 3.05. The van der Waals surface area contributed by atoms with E-state index in [9.17, 15) is 19.5 Å². The number of rotatable bonds is 6. The number of methoxy groups -OCH3 is 2. The van der Waals surface area contributed by atoms with Gasteiger partial charge in [0.05, 0.1) is 14.2 Å². The van der Waals surface area contributed by atoms with Gasteiger partial charge in [-0.25, -0.2) is 9.59 Å². The van der Waals surface area contributed by atoms with Crippen molar-refractivity contribution in [2.45, 2.75) is 45.3 Å². The number of esters is 2. The quantitative estimate of drug-likeness (QED) is 0.668. The molecule has 116 valence electrons. The van der Waals surface area contributed by atoms with Gasteiger partial charge in [-0.15, -0.1) is 0 Å². The highest BCUT2D eigenvalue weighted by atomic mass is 16.5. The zero-order valence-electron chi connectivity index (χ0n) is 12.8. The van der Waals surface area contributed by atoms with Gasteiger partial charge in [-0.05, 0) is 19.3 Å². The van der Waals surface area contributed by atoms with E-state index in [0.717, 1.165) is 21.1 Å². The van der Waals surface area contributed by atoms with E-state index in [1.807, 2.05) is 0 Å². The van der Waals surface area contributed by atoms with E-state index in [4.69, 9.17) is 0 Å². The fraction of sp³-hybridized carbons (Fsp3) is 0.769. The van der Waals surface area contributed by atoms with Crippen LogP contribution in [-0.2, 0) is 23.9 Å². The first-order valence-electron chi connectivity index (χ1n) is 6.23. The van der Waals surface area contributed by atoms with Crippen molar-refractivity contribution in [2.24, 2.45) is 5.92 Å². The summed E-state index contributed by atoms with van der Waals surface area (Å²) in [5.74, 6) is -2.61. The van der Waals surface area contributed by atoms with Crippen LogP contribution in [0.1, 0.15) is 34.1 Å². The van der Waals surface area contributed by atoms with Crippen molar-refractivity contribution in [3.05, 3.63) is 0 Å². The van der Waals surface area contributed by atoms with Crippen molar-refractivity contribution in [1.82, 2.24) is 5.32 Å². The first kappa shape index (κ1) is 18.4.